The number of benzene rings is 1. The van der Waals surface area contributed by atoms with E-state index in [1.807, 2.05) is 0 Å². The van der Waals surface area contributed by atoms with Crippen molar-refractivity contribution in [2.24, 2.45) is 5.73 Å². The molecule has 2 rings (SSSR count). The van der Waals surface area contributed by atoms with Crippen LogP contribution in [0.4, 0.5) is 0 Å². The molecule has 0 saturated carbocycles. The van der Waals surface area contributed by atoms with Crippen LogP contribution < -0.4 is 10.5 Å². The largest absolute Gasteiger partial charge is 0.507 e. The third-order valence-electron chi connectivity index (χ3n) is 4.10. The van der Waals surface area contributed by atoms with E-state index in [4.69, 9.17) is 25.6 Å². The molecule has 0 amide bonds. The molecule has 1 aliphatic rings. The molecule has 1 atom stereocenters. The van der Waals surface area contributed by atoms with Crippen molar-refractivity contribution in [3.63, 3.8) is 0 Å². The Hall–Kier alpha value is -2.34. The Labute approximate surface area is 149 Å². The first-order chi connectivity index (χ1) is 12.2. The number of aromatic carboxylic acids is 1. The second-order valence-corrected chi connectivity index (χ2v) is 6.17. The van der Waals surface area contributed by atoms with Gasteiger partial charge in [-0.15, -0.1) is 0 Å². The van der Waals surface area contributed by atoms with Crippen LogP contribution in [-0.4, -0.2) is 81.1 Å². The van der Waals surface area contributed by atoms with Crippen LogP contribution in [0.3, 0.4) is 0 Å². The highest BCUT2D eigenvalue weighted by Crippen LogP contribution is 2.33. The lowest BCUT2D eigenvalue weighted by Gasteiger charge is -2.39. The van der Waals surface area contributed by atoms with Crippen molar-refractivity contribution in [3.05, 3.63) is 23.3 Å². The summed E-state index contributed by atoms with van der Waals surface area (Å²) < 4.78 is 5.61. The highest BCUT2D eigenvalue weighted by Gasteiger charge is 2.32. The van der Waals surface area contributed by atoms with E-state index < -0.39 is 36.4 Å². The van der Waals surface area contributed by atoms with Crippen molar-refractivity contribution in [1.82, 2.24) is 4.90 Å². The Morgan fingerprint density at radius 2 is 1.96 bits per heavy atom. The number of hydrogen-bond donors (Lipinski definition) is 6. The highest BCUT2D eigenvalue weighted by atomic mass is 16.5. The number of nitrogens with two attached hydrogens (primary N) is 1. The second kappa shape index (κ2) is 8.36. The standard InChI is InChI=1S/C15H21BN2O8/c17-10(14(20)21)7-18-5-9(6-18)26-11-2-1-8(3-4-16(24)25)13(19)12(11)15(22)23/h1-2,9-10,19,24-25H,3-7,17H2,(H,20,21)(H,22,23)/t10-/m1/s1. The summed E-state index contributed by atoms with van der Waals surface area (Å²) in [5.74, 6) is -2.95. The molecule has 1 aromatic carbocycles. The molecule has 7 N–H and O–H groups in total. The first-order valence-corrected chi connectivity index (χ1v) is 8.00. The first-order valence-electron chi connectivity index (χ1n) is 8.00. The number of aryl methyl sites for hydroxylation is 1. The van der Waals surface area contributed by atoms with Gasteiger partial charge >= 0.3 is 19.1 Å². The summed E-state index contributed by atoms with van der Waals surface area (Å²) in [4.78, 5) is 24.0. The number of likely N-dealkylation sites (tertiary alicyclic amines) is 1. The lowest BCUT2D eigenvalue weighted by molar-refractivity contribution is -0.139. The van der Waals surface area contributed by atoms with Gasteiger partial charge in [0, 0.05) is 19.6 Å². The molecule has 1 fully saturated rings. The molecule has 11 heteroatoms. The molecule has 1 aliphatic heterocycles. The Balaban J connectivity index is 2.03. The smallest absolute Gasteiger partial charge is 0.451 e. The fraction of sp³-hybridized carbons (Fsp3) is 0.467. The molecule has 26 heavy (non-hydrogen) atoms. The summed E-state index contributed by atoms with van der Waals surface area (Å²) in [6.45, 7) is 0.938. The van der Waals surface area contributed by atoms with E-state index in [9.17, 15) is 19.8 Å². The van der Waals surface area contributed by atoms with Crippen LogP contribution in [0.2, 0.25) is 6.32 Å². The van der Waals surface area contributed by atoms with Gasteiger partial charge in [0.1, 0.15) is 29.2 Å². The van der Waals surface area contributed by atoms with Crippen LogP contribution in [0, 0.1) is 0 Å². The number of aliphatic carboxylic acids is 1. The second-order valence-electron chi connectivity index (χ2n) is 6.17. The van der Waals surface area contributed by atoms with Gasteiger partial charge in [0.25, 0.3) is 0 Å². The van der Waals surface area contributed by atoms with E-state index in [0.717, 1.165) is 0 Å². The van der Waals surface area contributed by atoms with Crippen LogP contribution in [0.15, 0.2) is 12.1 Å². The molecule has 142 valence electrons. The lowest BCUT2D eigenvalue weighted by Crippen LogP contribution is -2.58. The monoisotopic (exact) mass is 368 g/mol. The summed E-state index contributed by atoms with van der Waals surface area (Å²) in [6, 6.07) is 1.88. The fourth-order valence-corrected chi connectivity index (χ4v) is 2.69. The number of carbonyl (C=O) groups is 2. The number of carboxylic acid groups (broad SMARTS) is 2. The molecule has 0 aromatic heterocycles. The van der Waals surface area contributed by atoms with E-state index in [2.05, 4.69) is 0 Å². The van der Waals surface area contributed by atoms with Crippen LogP contribution in [-0.2, 0) is 11.2 Å². The number of rotatable bonds is 9. The van der Waals surface area contributed by atoms with Crippen molar-refractivity contribution in [3.8, 4) is 11.5 Å². The van der Waals surface area contributed by atoms with E-state index in [0.29, 0.717) is 13.1 Å². The number of ether oxygens (including phenoxy) is 1. The van der Waals surface area contributed by atoms with Gasteiger partial charge in [-0.3, -0.25) is 9.69 Å². The average Bonchev–Trinajstić information content (AvgIpc) is 2.51. The predicted molar refractivity (Wildman–Crippen MR) is 90.2 cm³/mol. The zero-order chi connectivity index (χ0) is 19.4. The van der Waals surface area contributed by atoms with Crippen molar-refractivity contribution >= 4 is 19.1 Å². The maximum absolute atomic E-state index is 11.5. The van der Waals surface area contributed by atoms with Gasteiger partial charge in [0.15, 0.2) is 0 Å². The van der Waals surface area contributed by atoms with E-state index in [-0.39, 0.29) is 36.7 Å². The molecule has 1 saturated heterocycles. The molecule has 0 radical (unpaired) electrons. The molecular formula is C15H21BN2O8. The lowest BCUT2D eigenvalue weighted by atomic mass is 9.82. The molecule has 1 aromatic rings. The molecule has 1 heterocycles. The fourth-order valence-electron chi connectivity index (χ4n) is 2.69. The van der Waals surface area contributed by atoms with Crippen LogP contribution in [0.1, 0.15) is 15.9 Å². The van der Waals surface area contributed by atoms with Crippen molar-refractivity contribution < 1.29 is 39.7 Å². The summed E-state index contributed by atoms with van der Waals surface area (Å²) in [5, 5.41) is 46.1. The first kappa shape index (κ1) is 20.0. The third-order valence-corrected chi connectivity index (χ3v) is 4.10. The Bertz CT molecular complexity index is 678. The zero-order valence-electron chi connectivity index (χ0n) is 13.9. The Kier molecular flexibility index (Phi) is 6.43. The molecule has 10 nitrogen and oxygen atoms in total. The topological polar surface area (TPSA) is 174 Å². The van der Waals surface area contributed by atoms with Crippen LogP contribution in [0.5, 0.6) is 11.5 Å². The number of nitrogens with zero attached hydrogens (tertiary/aromatic N) is 1. The van der Waals surface area contributed by atoms with E-state index >= 15 is 0 Å². The minimum absolute atomic E-state index is 0.00419. The molecule has 0 spiro atoms. The highest BCUT2D eigenvalue weighted by molar-refractivity contribution is 6.41. The normalized spacial score (nSPS) is 16.0. The van der Waals surface area contributed by atoms with E-state index in [1.54, 1.807) is 4.90 Å². The average molecular weight is 368 g/mol. The quantitative estimate of drug-likeness (QED) is 0.284. The maximum Gasteiger partial charge on any atom is 0.451 e. The minimum atomic E-state index is -1.56. The summed E-state index contributed by atoms with van der Waals surface area (Å²) in [7, 11) is -1.56. The number of aromatic hydroxyl groups is 1. The molecule has 0 unspecified atom stereocenters. The molecular weight excluding hydrogens is 347 g/mol. The number of hydrogen-bond acceptors (Lipinski definition) is 8. The van der Waals surface area contributed by atoms with Crippen LogP contribution in [0.25, 0.3) is 0 Å². The number of carboxylic acids is 2. The van der Waals surface area contributed by atoms with Gasteiger partial charge in [0.2, 0.25) is 0 Å². The SMILES string of the molecule is N[C@H](CN1CC(Oc2ccc(CCB(O)O)c(O)c2C(=O)O)C1)C(=O)O. The third kappa shape index (κ3) is 4.85. The van der Waals surface area contributed by atoms with Crippen LogP contribution >= 0.6 is 0 Å². The van der Waals surface area contributed by atoms with Gasteiger partial charge in [-0.1, -0.05) is 6.07 Å². The minimum Gasteiger partial charge on any atom is -0.507 e. The molecule has 0 bridgehead atoms. The summed E-state index contributed by atoms with van der Waals surface area (Å²) in [5.41, 5.74) is 5.32. The predicted octanol–water partition coefficient (Wildman–Crippen LogP) is -1.42. The van der Waals surface area contributed by atoms with Gasteiger partial charge in [-0.25, -0.2) is 4.79 Å². The van der Waals surface area contributed by atoms with E-state index in [1.165, 1.54) is 12.1 Å². The zero-order valence-corrected chi connectivity index (χ0v) is 13.9. The van der Waals surface area contributed by atoms with Crippen molar-refractivity contribution in [2.75, 3.05) is 19.6 Å². The Morgan fingerprint density at radius 1 is 1.31 bits per heavy atom. The maximum atomic E-state index is 11.5. The summed E-state index contributed by atoms with van der Waals surface area (Å²) in [6.07, 6.45) is -0.304. The van der Waals surface area contributed by atoms with Crippen molar-refractivity contribution in [1.29, 1.82) is 0 Å². The number of phenols is 1. The van der Waals surface area contributed by atoms with Gasteiger partial charge in [-0.2, -0.15) is 0 Å². The summed E-state index contributed by atoms with van der Waals surface area (Å²) >= 11 is 0. The Morgan fingerprint density at radius 3 is 2.50 bits per heavy atom. The van der Waals surface area contributed by atoms with Gasteiger partial charge in [-0.05, 0) is 24.4 Å². The van der Waals surface area contributed by atoms with Gasteiger partial charge < -0.3 is 35.8 Å². The molecule has 0 aliphatic carbocycles. The van der Waals surface area contributed by atoms with Gasteiger partial charge in [0.05, 0.1) is 0 Å². The van der Waals surface area contributed by atoms with Crippen molar-refractivity contribution in [2.45, 2.75) is 24.9 Å².